The zero-order valence-electron chi connectivity index (χ0n) is 11.5. The first-order valence-corrected chi connectivity index (χ1v) is 9.06. The number of fused-ring (bicyclic) bond motifs is 1. The number of hydrogen-bond donors (Lipinski definition) is 1. The van der Waals surface area contributed by atoms with Gasteiger partial charge < -0.3 is 5.32 Å². The van der Waals surface area contributed by atoms with Gasteiger partial charge in [-0.25, -0.2) is 4.98 Å². The number of rotatable bonds is 5. The second-order valence-corrected chi connectivity index (χ2v) is 7.28. The number of anilines is 1. The van der Waals surface area contributed by atoms with Gasteiger partial charge in [0.1, 0.15) is 0 Å². The van der Waals surface area contributed by atoms with E-state index in [1.54, 1.807) is 13.1 Å². The topological polar surface area (TPSA) is 89.2 Å². The van der Waals surface area contributed by atoms with Crippen LogP contribution in [-0.4, -0.2) is 25.5 Å². The number of aromatic nitrogens is 4. The van der Waals surface area contributed by atoms with E-state index >= 15 is 0 Å². The standard InChI is InChI=1S/C12H11N5O2S3/c1-2-8(18)14-10-15-16-12(22-10)21-6-7-5-9(19)17-3-4-20-11(17)13-7/h3-5H,2,6H2,1H3,(H,14,15,18). The van der Waals surface area contributed by atoms with Gasteiger partial charge in [0.25, 0.3) is 5.56 Å². The lowest BCUT2D eigenvalue weighted by molar-refractivity contribution is -0.115. The first-order valence-electron chi connectivity index (χ1n) is 6.37. The van der Waals surface area contributed by atoms with Crippen LogP contribution in [0.3, 0.4) is 0 Å². The van der Waals surface area contributed by atoms with Crippen molar-refractivity contribution in [3.8, 4) is 0 Å². The van der Waals surface area contributed by atoms with Crippen molar-refractivity contribution in [2.75, 3.05) is 5.32 Å². The van der Waals surface area contributed by atoms with E-state index in [0.717, 1.165) is 4.34 Å². The van der Waals surface area contributed by atoms with Crippen molar-refractivity contribution in [1.29, 1.82) is 0 Å². The first-order chi connectivity index (χ1) is 10.7. The molecule has 1 amide bonds. The van der Waals surface area contributed by atoms with Crippen molar-refractivity contribution in [2.45, 2.75) is 23.4 Å². The number of hydrogen-bond acceptors (Lipinski definition) is 8. The summed E-state index contributed by atoms with van der Waals surface area (Å²) in [5.41, 5.74) is 0.613. The Kier molecular flexibility index (Phi) is 4.50. The van der Waals surface area contributed by atoms with Crippen molar-refractivity contribution < 1.29 is 4.79 Å². The number of nitrogens with one attached hydrogen (secondary N) is 1. The highest BCUT2D eigenvalue weighted by Crippen LogP contribution is 2.27. The maximum atomic E-state index is 11.9. The van der Waals surface area contributed by atoms with Crippen molar-refractivity contribution in [3.63, 3.8) is 0 Å². The summed E-state index contributed by atoms with van der Waals surface area (Å²) < 4.78 is 2.24. The van der Waals surface area contributed by atoms with Crippen LogP contribution >= 0.6 is 34.4 Å². The number of amides is 1. The van der Waals surface area contributed by atoms with E-state index in [-0.39, 0.29) is 11.5 Å². The van der Waals surface area contributed by atoms with E-state index in [9.17, 15) is 9.59 Å². The smallest absolute Gasteiger partial charge is 0.258 e. The predicted octanol–water partition coefficient (Wildman–Crippen LogP) is 2.25. The molecule has 0 spiro atoms. The molecular formula is C12H11N5O2S3. The largest absolute Gasteiger partial charge is 0.301 e. The average molecular weight is 353 g/mol. The summed E-state index contributed by atoms with van der Waals surface area (Å²) in [4.78, 5) is 28.3. The van der Waals surface area contributed by atoms with Crippen molar-refractivity contribution in [2.24, 2.45) is 0 Å². The number of thioether (sulfide) groups is 1. The molecule has 0 aromatic carbocycles. The van der Waals surface area contributed by atoms with Gasteiger partial charge in [-0.15, -0.1) is 21.5 Å². The highest BCUT2D eigenvalue weighted by Gasteiger charge is 2.09. The molecule has 0 aliphatic rings. The molecule has 0 bridgehead atoms. The second-order valence-electron chi connectivity index (χ2n) is 4.20. The molecular weight excluding hydrogens is 342 g/mol. The van der Waals surface area contributed by atoms with Gasteiger partial charge in [0.05, 0.1) is 5.69 Å². The summed E-state index contributed by atoms with van der Waals surface area (Å²) in [5.74, 6) is 0.436. The molecule has 3 rings (SSSR count). The van der Waals surface area contributed by atoms with Gasteiger partial charge in [0.2, 0.25) is 11.0 Å². The molecule has 3 aromatic rings. The number of nitrogens with zero attached hydrogens (tertiary/aromatic N) is 4. The molecule has 0 aliphatic heterocycles. The van der Waals surface area contributed by atoms with Crippen LogP contribution in [0.15, 0.2) is 26.8 Å². The van der Waals surface area contributed by atoms with Gasteiger partial charge >= 0.3 is 0 Å². The molecule has 0 fully saturated rings. The van der Waals surface area contributed by atoms with E-state index < -0.39 is 0 Å². The third-order valence-electron chi connectivity index (χ3n) is 2.67. The Bertz CT molecular complexity index is 869. The zero-order valence-corrected chi connectivity index (χ0v) is 13.9. The normalized spacial score (nSPS) is 11.0. The third-order valence-corrected chi connectivity index (χ3v) is 5.44. The predicted molar refractivity (Wildman–Crippen MR) is 87.7 cm³/mol. The lowest BCUT2D eigenvalue weighted by atomic mass is 10.4. The Morgan fingerprint density at radius 1 is 1.45 bits per heavy atom. The lowest BCUT2D eigenvalue weighted by Crippen LogP contribution is -2.12. The molecule has 3 heterocycles. The molecule has 0 saturated carbocycles. The maximum Gasteiger partial charge on any atom is 0.258 e. The molecule has 0 radical (unpaired) electrons. The minimum atomic E-state index is -0.0921. The average Bonchev–Trinajstić information content (AvgIpc) is 3.14. The van der Waals surface area contributed by atoms with E-state index in [1.807, 2.05) is 5.38 Å². The SMILES string of the molecule is CCC(=O)Nc1nnc(SCc2cc(=O)n3ccsc3n2)s1. The van der Waals surface area contributed by atoms with E-state index in [1.165, 1.54) is 44.9 Å². The maximum absolute atomic E-state index is 11.9. The fourth-order valence-corrected chi connectivity index (χ4v) is 4.02. The molecule has 114 valence electrons. The minimum Gasteiger partial charge on any atom is -0.301 e. The second kappa shape index (κ2) is 6.55. The van der Waals surface area contributed by atoms with Crippen LogP contribution in [0.5, 0.6) is 0 Å². The number of carbonyl (C=O) groups excluding carboxylic acids is 1. The van der Waals surface area contributed by atoms with Crippen molar-refractivity contribution in [3.05, 3.63) is 33.7 Å². The van der Waals surface area contributed by atoms with Crippen LogP contribution in [0, 0.1) is 0 Å². The zero-order chi connectivity index (χ0) is 15.5. The fourth-order valence-electron chi connectivity index (χ4n) is 1.62. The molecule has 3 aromatic heterocycles. The van der Waals surface area contributed by atoms with Gasteiger partial charge in [-0.2, -0.15) is 0 Å². The van der Waals surface area contributed by atoms with Gasteiger partial charge in [0, 0.05) is 29.8 Å². The molecule has 1 N–H and O–H groups in total. The summed E-state index contributed by atoms with van der Waals surface area (Å²) in [7, 11) is 0. The Morgan fingerprint density at radius 2 is 2.32 bits per heavy atom. The third kappa shape index (κ3) is 3.34. The van der Waals surface area contributed by atoms with Crippen LogP contribution < -0.4 is 10.9 Å². The summed E-state index contributed by atoms with van der Waals surface area (Å²) >= 11 is 4.16. The Labute approximate surface area is 137 Å². The quantitative estimate of drug-likeness (QED) is 0.559. The summed E-state index contributed by atoms with van der Waals surface area (Å²) in [6.45, 7) is 1.77. The minimum absolute atomic E-state index is 0.0880. The lowest BCUT2D eigenvalue weighted by Gasteiger charge is -1.98. The van der Waals surface area contributed by atoms with Crippen LogP contribution in [-0.2, 0) is 10.5 Å². The Balaban J connectivity index is 1.68. The highest BCUT2D eigenvalue weighted by molar-refractivity contribution is 8.00. The highest BCUT2D eigenvalue weighted by atomic mass is 32.2. The first kappa shape index (κ1) is 15.1. The molecule has 0 unspecified atom stereocenters. The van der Waals surface area contributed by atoms with E-state index in [2.05, 4.69) is 20.5 Å². The van der Waals surface area contributed by atoms with Gasteiger partial charge in [-0.05, 0) is 0 Å². The number of carbonyl (C=O) groups is 1. The van der Waals surface area contributed by atoms with Crippen molar-refractivity contribution >= 4 is 50.4 Å². The summed E-state index contributed by atoms with van der Waals surface area (Å²) in [5, 5.41) is 12.9. The van der Waals surface area contributed by atoms with Crippen LogP contribution in [0.4, 0.5) is 5.13 Å². The molecule has 10 heteroatoms. The van der Waals surface area contributed by atoms with Gasteiger partial charge in [-0.1, -0.05) is 30.0 Å². The molecule has 0 saturated heterocycles. The van der Waals surface area contributed by atoms with Crippen LogP contribution in [0.1, 0.15) is 19.0 Å². The number of thiazole rings is 1. The summed E-state index contributed by atoms with van der Waals surface area (Å²) in [6, 6.07) is 1.52. The van der Waals surface area contributed by atoms with Crippen LogP contribution in [0.25, 0.3) is 4.96 Å². The monoisotopic (exact) mass is 353 g/mol. The van der Waals surface area contributed by atoms with Crippen LogP contribution in [0.2, 0.25) is 0 Å². The van der Waals surface area contributed by atoms with Gasteiger partial charge in [0.15, 0.2) is 9.30 Å². The van der Waals surface area contributed by atoms with E-state index in [0.29, 0.717) is 28.0 Å². The molecule has 0 atom stereocenters. The Morgan fingerprint density at radius 3 is 3.14 bits per heavy atom. The van der Waals surface area contributed by atoms with E-state index in [4.69, 9.17) is 0 Å². The molecule has 22 heavy (non-hydrogen) atoms. The van der Waals surface area contributed by atoms with Crippen molar-refractivity contribution in [1.82, 2.24) is 19.6 Å². The summed E-state index contributed by atoms with van der Waals surface area (Å²) in [6.07, 6.45) is 2.11. The molecule has 7 nitrogen and oxygen atoms in total. The Hall–Kier alpha value is -1.78. The molecule has 0 aliphatic carbocycles. The fraction of sp³-hybridized carbons (Fsp3) is 0.250. The van der Waals surface area contributed by atoms with Gasteiger partial charge in [-0.3, -0.25) is 14.0 Å².